The van der Waals surface area contributed by atoms with Gasteiger partial charge in [-0.1, -0.05) is 0 Å². The lowest BCUT2D eigenvalue weighted by molar-refractivity contribution is -0.146. The lowest BCUT2D eigenvalue weighted by Crippen LogP contribution is -2.33. The quantitative estimate of drug-likeness (QED) is 0.886. The van der Waals surface area contributed by atoms with Gasteiger partial charge in [-0.2, -0.15) is 17.7 Å². The zero-order chi connectivity index (χ0) is 17.4. The molecular weight excluding hydrogens is 315 g/mol. The summed E-state index contributed by atoms with van der Waals surface area (Å²) in [5, 5.41) is 20.6. The molecule has 0 aliphatic heterocycles. The van der Waals surface area contributed by atoms with E-state index >= 15 is 0 Å². The van der Waals surface area contributed by atoms with E-state index in [1.54, 1.807) is 25.8 Å². The van der Waals surface area contributed by atoms with Crippen molar-refractivity contribution in [2.45, 2.75) is 26.1 Å². The van der Waals surface area contributed by atoms with Crippen LogP contribution < -0.4 is 4.90 Å². The van der Waals surface area contributed by atoms with Crippen molar-refractivity contribution in [3.63, 3.8) is 0 Å². The van der Waals surface area contributed by atoms with Crippen LogP contribution in [0.25, 0.3) is 5.65 Å². The Labute approximate surface area is 130 Å². The molecule has 0 radical (unpaired) electrons. The molecule has 1 N–H and O–H groups in total. The monoisotopic (exact) mass is 333 g/mol. The molecule has 2 heterocycles. The first kappa shape index (κ1) is 17.4. The molecule has 0 aromatic carbocycles. The number of anilines is 1. The number of nitrogens with zero attached hydrogens (tertiary/aromatic N) is 5. The van der Waals surface area contributed by atoms with E-state index in [0.29, 0.717) is 21.5 Å². The first-order chi connectivity index (χ1) is 10.7. The highest BCUT2D eigenvalue weighted by Gasteiger charge is 2.38. The Hall–Kier alpha value is -1.94. The van der Waals surface area contributed by atoms with Gasteiger partial charge in [-0.25, -0.2) is 0 Å². The molecule has 0 saturated carbocycles. The number of fused-ring (bicyclic) bond motifs is 1. The van der Waals surface area contributed by atoms with Crippen molar-refractivity contribution in [1.29, 1.82) is 0 Å². The second kappa shape index (κ2) is 6.28. The number of aryl methyl sites for hydroxylation is 1. The highest BCUT2D eigenvalue weighted by atomic mass is 19.4. The Bertz CT molecular complexity index is 701. The summed E-state index contributed by atoms with van der Waals surface area (Å²) >= 11 is 0. The smallest absolute Gasteiger partial charge is 0.389 e. The van der Waals surface area contributed by atoms with Gasteiger partial charge in [0.2, 0.25) is 0 Å². The second-order valence-corrected chi connectivity index (χ2v) is 5.32. The molecule has 0 fully saturated rings. The summed E-state index contributed by atoms with van der Waals surface area (Å²) in [7, 11) is 3.09. The van der Waals surface area contributed by atoms with Crippen molar-refractivity contribution in [2.24, 2.45) is 0 Å². The van der Waals surface area contributed by atoms with Crippen molar-refractivity contribution in [2.75, 3.05) is 32.2 Å². The number of halogens is 3. The largest absolute Gasteiger partial charge is 0.453 e. The van der Waals surface area contributed by atoms with Crippen molar-refractivity contribution >= 4 is 11.5 Å². The van der Waals surface area contributed by atoms with Gasteiger partial charge in [0.1, 0.15) is 0 Å². The molecule has 2 aromatic heterocycles. The number of ether oxygens (including phenoxy) is 1. The van der Waals surface area contributed by atoms with Gasteiger partial charge in [-0.15, -0.1) is 15.3 Å². The maximum atomic E-state index is 13.0. The third-order valence-electron chi connectivity index (χ3n) is 3.53. The molecular formula is C13H18F3N5O2. The highest BCUT2D eigenvalue weighted by Crippen LogP contribution is 2.30. The maximum absolute atomic E-state index is 13.0. The minimum atomic E-state index is -4.65. The topological polar surface area (TPSA) is 75.8 Å². The Balaban J connectivity index is 2.50. The Morgan fingerprint density at radius 3 is 2.48 bits per heavy atom. The Kier molecular flexibility index (Phi) is 4.76. The van der Waals surface area contributed by atoms with E-state index < -0.39 is 18.1 Å². The van der Waals surface area contributed by atoms with E-state index in [1.807, 2.05) is 0 Å². The van der Waals surface area contributed by atoms with E-state index in [0.717, 1.165) is 0 Å². The summed E-state index contributed by atoms with van der Waals surface area (Å²) < 4.78 is 44.5. The summed E-state index contributed by atoms with van der Waals surface area (Å²) in [6.07, 6.45) is -5.44. The van der Waals surface area contributed by atoms with Gasteiger partial charge in [-0.05, 0) is 13.8 Å². The lowest BCUT2D eigenvalue weighted by Gasteiger charge is -2.23. The molecule has 1 atom stereocenters. The predicted octanol–water partition coefficient (Wildman–Crippen LogP) is 1.20. The first-order valence-corrected chi connectivity index (χ1v) is 6.84. The van der Waals surface area contributed by atoms with Crippen molar-refractivity contribution in [3.8, 4) is 0 Å². The SMILES string of the molecule is COCC(O)CN(C)c1nn2c(C(F)(F)F)nnc2c(C)c1C. The maximum Gasteiger partial charge on any atom is 0.453 e. The molecule has 0 aliphatic carbocycles. The fourth-order valence-corrected chi connectivity index (χ4v) is 2.30. The van der Waals surface area contributed by atoms with Crippen LogP contribution in [0.5, 0.6) is 0 Å². The van der Waals surface area contributed by atoms with Crippen LogP contribution in [0.2, 0.25) is 0 Å². The number of rotatable bonds is 5. The molecule has 2 aromatic rings. The summed E-state index contributed by atoms with van der Waals surface area (Å²) in [5.41, 5.74) is 1.28. The number of alkyl halides is 3. The van der Waals surface area contributed by atoms with Gasteiger partial charge in [0, 0.05) is 31.8 Å². The predicted molar refractivity (Wildman–Crippen MR) is 76.4 cm³/mol. The molecule has 128 valence electrons. The van der Waals surface area contributed by atoms with E-state index in [-0.39, 0.29) is 18.8 Å². The van der Waals surface area contributed by atoms with E-state index in [2.05, 4.69) is 15.3 Å². The minimum Gasteiger partial charge on any atom is -0.389 e. The number of methoxy groups -OCH3 is 1. The van der Waals surface area contributed by atoms with Gasteiger partial charge >= 0.3 is 6.18 Å². The van der Waals surface area contributed by atoms with Crippen LogP contribution in [-0.4, -0.2) is 58.3 Å². The Morgan fingerprint density at radius 1 is 1.26 bits per heavy atom. The van der Waals surface area contributed by atoms with Gasteiger partial charge in [0.15, 0.2) is 11.5 Å². The van der Waals surface area contributed by atoms with Crippen LogP contribution in [0.4, 0.5) is 19.0 Å². The first-order valence-electron chi connectivity index (χ1n) is 6.84. The lowest BCUT2D eigenvalue weighted by atomic mass is 10.1. The van der Waals surface area contributed by atoms with Gasteiger partial charge in [-0.3, -0.25) is 0 Å². The fraction of sp³-hybridized carbons (Fsp3) is 0.615. The van der Waals surface area contributed by atoms with Gasteiger partial charge in [0.05, 0.1) is 12.7 Å². The van der Waals surface area contributed by atoms with E-state index in [9.17, 15) is 18.3 Å². The van der Waals surface area contributed by atoms with Gasteiger partial charge < -0.3 is 14.7 Å². The average molecular weight is 333 g/mol. The van der Waals surface area contributed by atoms with E-state index in [4.69, 9.17) is 4.74 Å². The third kappa shape index (κ3) is 3.37. The highest BCUT2D eigenvalue weighted by molar-refractivity contribution is 5.59. The van der Waals surface area contributed by atoms with Crippen LogP contribution in [0.1, 0.15) is 17.0 Å². The minimum absolute atomic E-state index is 0.0596. The molecule has 2 rings (SSSR count). The molecule has 0 aliphatic rings. The van der Waals surface area contributed by atoms with E-state index in [1.165, 1.54) is 7.11 Å². The fourth-order valence-electron chi connectivity index (χ4n) is 2.30. The Morgan fingerprint density at radius 2 is 1.91 bits per heavy atom. The zero-order valence-electron chi connectivity index (χ0n) is 13.2. The number of hydrogen-bond acceptors (Lipinski definition) is 6. The van der Waals surface area contributed by atoms with Crippen molar-refractivity contribution in [1.82, 2.24) is 19.8 Å². The number of aliphatic hydroxyl groups excluding tert-OH is 1. The zero-order valence-corrected chi connectivity index (χ0v) is 13.2. The number of aliphatic hydroxyl groups is 1. The molecule has 1 unspecified atom stereocenters. The average Bonchev–Trinajstić information content (AvgIpc) is 2.86. The molecule has 23 heavy (non-hydrogen) atoms. The second-order valence-electron chi connectivity index (χ2n) is 5.32. The number of likely N-dealkylation sites (N-methyl/N-ethyl adjacent to an activating group) is 1. The van der Waals surface area contributed by atoms with Gasteiger partial charge in [0.25, 0.3) is 5.82 Å². The third-order valence-corrected chi connectivity index (χ3v) is 3.53. The molecule has 7 nitrogen and oxygen atoms in total. The molecule has 10 heteroatoms. The van der Waals surface area contributed by atoms with Crippen LogP contribution in [-0.2, 0) is 10.9 Å². The normalized spacial score (nSPS) is 13.6. The molecule has 0 saturated heterocycles. The molecule has 0 bridgehead atoms. The summed E-state index contributed by atoms with van der Waals surface area (Å²) in [6.45, 7) is 3.67. The summed E-state index contributed by atoms with van der Waals surface area (Å²) in [5.74, 6) is -0.863. The molecule has 0 spiro atoms. The number of hydrogen-bond donors (Lipinski definition) is 1. The van der Waals surface area contributed by atoms with Crippen LogP contribution in [0.3, 0.4) is 0 Å². The van der Waals surface area contributed by atoms with Crippen LogP contribution in [0, 0.1) is 13.8 Å². The standard InChI is InChI=1S/C13H18F3N5O2/c1-7-8(2)11(20(3)5-9(22)6-23-4)19-21-10(7)17-18-12(21)13(14,15)16/h9,22H,5-6H2,1-4H3. The summed E-state index contributed by atoms with van der Waals surface area (Å²) in [4.78, 5) is 1.58. The van der Waals surface area contributed by atoms with Crippen LogP contribution >= 0.6 is 0 Å². The van der Waals surface area contributed by atoms with Crippen molar-refractivity contribution < 1.29 is 23.0 Å². The summed E-state index contributed by atoms with van der Waals surface area (Å²) in [6, 6.07) is 0. The van der Waals surface area contributed by atoms with Crippen molar-refractivity contribution in [3.05, 3.63) is 17.0 Å². The van der Waals surface area contributed by atoms with Crippen LogP contribution in [0.15, 0.2) is 0 Å². The number of aromatic nitrogens is 4. The molecule has 0 amide bonds.